The standard InChI is InChI=1S/C19H31NO/c1-4-8-16-17(20(13-5-2)14-6-3)12-11-15-9-7-10-18(21)19(15)16/h7,9-10,16-17,21H,4-6,8,11-14H2,1-3H3. The molecule has 0 saturated carbocycles. The van der Waals surface area contributed by atoms with Crippen LogP contribution in [0.5, 0.6) is 5.75 Å². The first-order chi connectivity index (χ1) is 10.2. The van der Waals surface area contributed by atoms with E-state index in [0.717, 1.165) is 6.42 Å². The quantitative estimate of drug-likeness (QED) is 0.785. The van der Waals surface area contributed by atoms with Crippen LogP contribution in [0, 0.1) is 0 Å². The van der Waals surface area contributed by atoms with Crippen LogP contribution in [0.25, 0.3) is 0 Å². The fourth-order valence-corrected chi connectivity index (χ4v) is 4.05. The summed E-state index contributed by atoms with van der Waals surface area (Å²) in [6.45, 7) is 9.16. The van der Waals surface area contributed by atoms with Gasteiger partial charge in [0.05, 0.1) is 0 Å². The van der Waals surface area contributed by atoms with Crippen molar-refractivity contribution in [2.75, 3.05) is 13.1 Å². The first kappa shape index (κ1) is 16.4. The molecule has 0 saturated heterocycles. The average Bonchev–Trinajstić information content (AvgIpc) is 2.48. The highest BCUT2D eigenvalue weighted by atomic mass is 16.3. The lowest BCUT2D eigenvalue weighted by Crippen LogP contribution is -2.43. The van der Waals surface area contributed by atoms with Crippen molar-refractivity contribution in [3.05, 3.63) is 29.3 Å². The summed E-state index contributed by atoms with van der Waals surface area (Å²) in [6.07, 6.45) is 7.13. The van der Waals surface area contributed by atoms with Gasteiger partial charge >= 0.3 is 0 Å². The fraction of sp³-hybridized carbons (Fsp3) is 0.684. The van der Waals surface area contributed by atoms with Crippen LogP contribution < -0.4 is 0 Å². The summed E-state index contributed by atoms with van der Waals surface area (Å²) >= 11 is 0. The molecule has 2 heteroatoms. The van der Waals surface area contributed by atoms with E-state index in [4.69, 9.17) is 0 Å². The zero-order valence-electron chi connectivity index (χ0n) is 13.9. The third kappa shape index (κ3) is 3.60. The Kier molecular flexibility index (Phi) is 6.10. The Bertz CT molecular complexity index is 437. The van der Waals surface area contributed by atoms with Gasteiger partial charge in [-0.15, -0.1) is 0 Å². The number of phenolic OH excluding ortho intramolecular Hbond substituents is 1. The van der Waals surface area contributed by atoms with Gasteiger partial charge in [0.1, 0.15) is 5.75 Å². The molecule has 0 amide bonds. The molecule has 1 aromatic rings. The molecule has 2 atom stereocenters. The van der Waals surface area contributed by atoms with Crippen LogP contribution in [-0.4, -0.2) is 29.1 Å². The third-order valence-corrected chi connectivity index (χ3v) is 4.81. The number of benzene rings is 1. The molecular weight excluding hydrogens is 258 g/mol. The van der Waals surface area contributed by atoms with Crippen molar-refractivity contribution in [2.45, 2.75) is 71.3 Å². The minimum Gasteiger partial charge on any atom is -0.508 e. The summed E-state index contributed by atoms with van der Waals surface area (Å²) in [6, 6.07) is 6.67. The number of phenols is 1. The molecule has 2 nitrogen and oxygen atoms in total. The topological polar surface area (TPSA) is 23.5 Å². The molecule has 0 heterocycles. The minimum atomic E-state index is 0.498. The molecule has 118 valence electrons. The molecule has 0 aliphatic heterocycles. The van der Waals surface area contributed by atoms with Gasteiger partial charge in [-0.2, -0.15) is 0 Å². The predicted octanol–water partition coefficient (Wildman–Crippen LogP) is 4.71. The Hall–Kier alpha value is -1.02. The highest BCUT2D eigenvalue weighted by Gasteiger charge is 2.34. The highest BCUT2D eigenvalue weighted by molar-refractivity contribution is 5.44. The fourth-order valence-electron chi connectivity index (χ4n) is 4.05. The van der Waals surface area contributed by atoms with E-state index in [9.17, 15) is 5.11 Å². The van der Waals surface area contributed by atoms with Crippen molar-refractivity contribution in [2.24, 2.45) is 0 Å². The van der Waals surface area contributed by atoms with Crippen molar-refractivity contribution in [3.8, 4) is 5.75 Å². The molecule has 0 fully saturated rings. The van der Waals surface area contributed by atoms with E-state index in [1.807, 2.05) is 12.1 Å². The molecule has 1 N–H and O–H groups in total. The van der Waals surface area contributed by atoms with Crippen LogP contribution in [-0.2, 0) is 6.42 Å². The Morgan fingerprint density at radius 2 is 1.81 bits per heavy atom. The zero-order chi connectivity index (χ0) is 15.2. The largest absolute Gasteiger partial charge is 0.508 e. The van der Waals surface area contributed by atoms with Crippen molar-refractivity contribution in [1.82, 2.24) is 4.90 Å². The maximum absolute atomic E-state index is 10.4. The second kappa shape index (κ2) is 7.84. The summed E-state index contributed by atoms with van der Waals surface area (Å²) in [5.41, 5.74) is 2.62. The number of fused-ring (bicyclic) bond motifs is 1. The molecule has 2 unspecified atom stereocenters. The molecule has 0 spiro atoms. The summed E-state index contributed by atoms with van der Waals surface area (Å²) in [5.74, 6) is 1.02. The van der Waals surface area contributed by atoms with E-state index in [1.165, 1.54) is 56.3 Å². The zero-order valence-corrected chi connectivity index (χ0v) is 13.9. The van der Waals surface area contributed by atoms with Crippen LogP contribution >= 0.6 is 0 Å². The van der Waals surface area contributed by atoms with E-state index in [0.29, 0.717) is 17.7 Å². The monoisotopic (exact) mass is 289 g/mol. The first-order valence-electron chi connectivity index (χ1n) is 8.77. The molecule has 1 aliphatic rings. The van der Waals surface area contributed by atoms with Crippen molar-refractivity contribution < 1.29 is 5.11 Å². The minimum absolute atomic E-state index is 0.498. The summed E-state index contributed by atoms with van der Waals surface area (Å²) in [4.78, 5) is 2.68. The van der Waals surface area contributed by atoms with Gasteiger partial charge in [-0.05, 0) is 56.8 Å². The third-order valence-electron chi connectivity index (χ3n) is 4.81. The van der Waals surface area contributed by atoms with Crippen LogP contribution in [0.3, 0.4) is 0 Å². The number of aryl methyl sites for hydroxylation is 1. The molecular formula is C19H31NO. The SMILES string of the molecule is CCCC1c2c(O)cccc2CCC1N(CCC)CCC. The Balaban J connectivity index is 2.32. The smallest absolute Gasteiger partial charge is 0.119 e. The van der Waals surface area contributed by atoms with Gasteiger partial charge in [-0.25, -0.2) is 0 Å². The molecule has 1 aliphatic carbocycles. The lowest BCUT2D eigenvalue weighted by molar-refractivity contribution is 0.148. The van der Waals surface area contributed by atoms with Gasteiger partial charge < -0.3 is 5.11 Å². The normalized spacial score (nSPS) is 21.5. The maximum atomic E-state index is 10.4. The van der Waals surface area contributed by atoms with Gasteiger partial charge in [0, 0.05) is 17.5 Å². The average molecular weight is 289 g/mol. The van der Waals surface area contributed by atoms with E-state index < -0.39 is 0 Å². The van der Waals surface area contributed by atoms with Gasteiger partial charge in [0.25, 0.3) is 0 Å². The van der Waals surface area contributed by atoms with Crippen LogP contribution in [0.2, 0.25) is 0 Å². The first-order valence-corrected chi connectivity index (χ1v) is 8.77. The van der Waals surface area contributed by atoms with Crippen molar-refractivity contribution >= 4 is 0 Å². The predicted molar refractivity (Wildman–Crippen MR) is 90.0 cm³/mol. The highest BCUT2D eigenvalue weighted by Crippen LogP contribution is 2.42. The lowest BCUT2D eigenvalue weighted by atomic mass is 9.75. The van der Waals surface area contributed by atoms with Crippen molar-refractivity contribution in [3.63, 3.8) is 0 Å². The molecule has 1 aromatic carbocycles. The molecule has 2 rings (SSSR count). The summed E-state index contributed by atoms with van der Waals surface area (Å²) < 4.78 is 0. The van der Waals surface area contributed by atoms with E-state index in [2.05, 4.69) is 31.7 Å². The molecule has 0 aromatic heterocycles. The lowest BCUT2D eigenvalue weighted by Gasteiger charge is -2.41. The van der Waals surface area contributed by atoms with Gasteiger partial charge in [-0.3, -0.25) is 4.90 Å². The number of nitrogens with zero attached hydrogens (tertiary/aromatic N) is 1. The Morgan fingerprint density at radius 1 is 1.10 bits per heavy atom. The maximum Gasteiger partial charge on any atom is 0.119 e. The summed E-state index contributed by atoms with van der Waals surface area (Å²) in [7, 11) is 0. The number of hydrogen-bond acceptors (Lipinski definition) is 2. The van der Waals surface area contributed by atoms with E-state index >= 15 is 0 Å². The second-order valence-corrected chi connectivity index (χ2v) is 6.39. The Labute approximate surface area is 130 Å². The Morgan fingerprint density at radius 3 is 2.43 bits per heavy atom. The van der Waals surface area contributed by atoms with Crippen LogP contribution in [0.1, 0.15) is 69.9 Å². The number of rotatable bonds is 7. The van der Waals surface area contributed by atoms with Gasteiger partial charge in [0.2, 0.25) is 0 Å². The molecule has 0 bridgehead atoms. The number of aromatic hydroxyl groups is 1. The summed E-state index contributed by atoms with van der Waals surface area (Å²) in [5, 5.41) is 10.4. The van der Waals surface area contributed by atoms with E-state index in [-0.39, 0.29) is 0 Å². The van der Waals surface area contributed by atoms with Gasteiger partial charge in [-0.1, -0.05) is 39.3 Å². The van der Waals surface area contributed by atoms with Crippen LogP contribution in [0.4, 0.5) is 0 Å². The van der Waals surface area contributed by atoms with Crippen molar-refractivity contribution in [1.29, 1.82) is 0 Å². The van der Waals surface area contributed by atoms with Gasteiger partial charge in [0.15, 0.2) is 0 Å². The van der Waals surface area contributed by atoms with E-state index in [1.54, 1.807) is 0 Å². The van der Waals surface area contributed by atoms with Crippen LogP contribution in [0.15, 0.2) is 18.2 Å². The molecule has 0 radical (unpaired) electrons. The molecule has 21 heavy (non-hydrogen) atoms. The number of hydrogen-bond donors (Lipinski definition) is 1. The second-order valence-electron chi connectivity index (χ2n) is 6.39.